The van der Waals surface area contributed by atoms with Crippen LogP contribution in [0.2, 0.25) is 0 Å². The Kier molecular flexibility index (Phi) is 4.52. The van der Waals surface area contributed by atoms with Crippen molar-refractivity contribution in [2.75, 3.05) is 6.54 Å². The lowest BCUT2D eigenvalue weighted by atomic mass is 9.78. The highest BCUT2D eigenvalue weighted by Gasteiger charge is 2.40. The predicted molar refractivity (Wildman–Crippen MR) is 73.3 cm³/mol. The first-order chi connectivity index (χ1) is 9.40. The number of carboxylic acid groups (broad SMARTS) is 1. The highest BCUT2D eigenvalue weighted by Crippen LogP contribution is 2.30. The SMILES string of the molecule is CC1CCCC(NC(=O)N2C[C@H](O)C[C@@H]2C(=O)O)C1C. The van der Waals surface area contributed by atoms with Crippen LogP contribution in [0, 0.1) is 11.8 Å². The quantitative estimate of drug-likeness (QED) is 0.707. The van der Waals surface area contributed by atoms with Crippen LogP contribution in [0.3, 0.4) is 0 Å². The Hall–Kier alpha value is -1.30. The van der Waals surface area contributed by atoms with E-state index in [1.807, 2.05) is 0 Å². The fraction of sp³-hybridized carbons (Fsp3) is 0.857. The van der Waals surface area contributed by atoms with Gasteiger partial charge >= 0.3 is 12.0 Å². The van der Waals surface area contributed by atoms with Crippen molar-refractivity contribution in [3.05, 3.63) is 0 Å². The molecule has 3 unspecified atom stereocenters. The summed E-state index contributed by atoms with van der Waals surface area (Å²) in [6.45, 7) is 4.41. The van der Waals surface area contributed by atoms with Crippen molar-refractivity contribution < 1.29 is 19.8 Å². The molecule has 6 nitrogen and oxygen atoms in total. The molecule has 0 bridgehead atoms. The molecule has 0 aromatic heterocycles. The number of rotatable bonds is 2. The topological polar surface area (TPSA) is 89.9 Å². The highest BCUT2D eigenvalue weighted by atomic mass is 16.4. The molecule has 1 aliphatic heterocycles. The first-order valence-corrected chi connectivity index (χ1v) is 7.38. The van der Waals surface area contributed by atoms with Gasteiger partial charge in [0.1, 0.15) is 6.04 Å². The maximum absolute atomic E-state index is 12.3. The first-order valence-electron chi connectivity index (χ1n) is 7.38. The molecule has 2 rings (SSSR count). The number of nitrogens with one attached hydrogen (secondary N) is 1. The third kappa shape index (κ3) is 3.06. The van der Waals surface area contributed by atoms with Crippen LogP contribution in [0.1, 0.15) is 39.5 Å². The second-order valence-corrected chi connectivity index (χ2v) is 6.22. The van der Waals surface area contributed by atoms with Crippen LogP contribution in [0.5, 0.6) is 0 Å². The van der Waals surface area contributed by atoms with E-state index < -0.39 is 18.1 Å². The molecule has 0 aromatic carbocycles. The van der Waals surface area contributed by atoms with Crippen LogP contribution in [-0.4, -0.2) is 51.8 Å². The van der Waals surface area contributed by atoms with Crippen molar-refractivity contribution in [1.29, 1.82) is 0 Å². The Morgan fingerprint density at radius 2 is 1.95 bits per heavy atom. The molecule has 5 atom stereocenters. The summed E-state index contributed by atoms with van der Waals surface area (Å²) in [6.07, 6.45) is 2.56. The smallest absolute Gasteiger partial charge is 0.326 e. The van der Waals surface area contributed by atoms with Crippen molar-refractivity contribution >= 4 is 12.0 Å². The summed E-state index contributed by atoms with van der Waals surface area (Å²) in [5.74, 6) is -0.0984. The number of urea groups is 1. The Bertz CT molecular complexity index is 387. The average Bonchev–Trinajstić information content (AvgIpc) is 2.77. The van der Waals surface area contributed by atoms with Crippen molar-refractivity contribution in [2.45, 2.75) is 57.7 Å². The number of carbonyl (C=O) groups excluding carboxylic acids is 1. The van der Waals surface area contributed by atoms with Gasteiger partial charge in [0.25, 0.3) is 0 Å². The van der Waals surface area contributed by atoms with Gasteiger partial charge in [-0.25, -0.2) is 9.59 Å². The molecule has 0 spiro atoms. The molecule has 1 saturated carbocycles. The molecule has 2 fully saturated rings. The molecule has 6 heteroatoms. The van der Waals surface area contributed by atoms with E-state index >= 15 is 0 Å². The lowest BCUT2D eigenvalue weighted by molar-refractivity contribution is -0.141. The summed E-state index contributed by atoms with van der Waals surface area (Å²) in [5.41, 5.74) is 0. The molecular formula is C14H24N2O4. The number of amides is 2. The fourth-order valence-corrected chi connectivity index (χ4v) is 3.30. The van der Waals surface area contributed by atoms with Crippen LogP contribution < -0.4 is 5.32 Å². The average molecular weight is 284 g/mol. The van der Waals surface area contributed by atoms with Gasteiger partial charge in [0.15, 0.2) is 0 Å². The molecule has 1 aliphatic carbocycles. The van der Waals surface area contributed by atoms with Gasteiger partial charge in [-0.2, -0.15) is 0 Å². The third-order valence-corrected chi connectivity index (χ3v) is 4.84. The fourth-order valence-electron chi connectivity index (χ4n) is 3.30. The van der Waals surface area contributed by atoms with Crippen LogP contribution in [0.4, 0.5) is 4.79 Å². The van der Waals surface area contributed by atoms with Gasteiger partial charge in [-0.05, 0) is 18.3 Å². The van der Waals surface area contributed by atoms with Gasteiger partial charge in [0.05, 0.1) is 6.10 Å². The number of carboxylic acids is 1. The summed E-state index contributed by atoms with van der Waals surface area (Å²) < 4.78 is 0. The Labute approximate surface area is 119 Å². The van der Waals surface area contributed by atoms with Gasteiger partial charge in [-0.1, -0.05) is 26.7 Å². The zero-order chi connectivity index (χ0) is 14.9. The molecule has 2 amide bonds. The van der Waals surface area contributed by atoms with E-state index in [1.165, 1.54) is 11.3 Å². The van der Waals surface area contributed by atoms with Gasteiger partial charge in [0, 0.05) is 19.0 Å². The molecule has 0 radical (unpaired) electrons. The summed E-state index contributed by atoms with van der Waals surface area (Å²) in [5, 5.41) is 21.7. The second-order valence-electron chi connectivity index (χ2n) is 6.22. The highest BCUT2D eigenvalue weighted by molar-refractivity contribution is 5.83. The molecule has 3 N–H and O–H groups in total. The summed E-state index contributed by atoms with van der Waals surface area (Å²) in [7, 11) is 0. The number of β-amino-alcohol motifs (C(OH)–C–C–N with tert-alkyl or cyclic N) is 1. The standard InChI is InChI=1S/C14H24N2O4/c1-8-4-3-5-11(9(8)2)15-14(20)16-7-10(17)6-12(16)13(18)19/h8-12,17H,3-7H2,1-2H3,(H,15,20)(H,18,19)/t8?,9?,10-,11?,12-/m1/s1. The number of likely N-dealkylation sites (tertiary alicyclic amines) is 1. The summed E-state index contributed by atoms with van der Waals surface area (Å²) in [4.78, 5) is 24.7. The van der Waals surface area contributed by atoms with Crippen LogP contribution in [0.15, 0.2) is 0 Å². The second kappa shape index (κ2) is 5.99. The molecular weight excluding hydrogens is 260 g/mol. The third-order valence-electron chi connectivity index (χ3n) is 4.84. The minimum Gasteiger partial charge on any atom is -0.480 e. The maximum atomic E-state index is 12.3. The summed E-state index contributed by atoms with van der Waals surface area (Å²) >= 11 is 0. The van der Waals surface area contributed by atoms with E-state index in [1.54, 1.807) is 0 Å². The van der Waals surface area contributed by atoms with E-state index in [0.29, 0.717) is 11.8 Å². The Balaban J connectivity index is 1.98. The number of aliphatic hydroxyl groups excluding tert-OH is 1. The Morgan fingerprint density at radius 3 is 2.60 bits per heavy atom. The van der Waals surface area contributed by atoms with Crippen LogP contribution >= 0.6 is 0 Å². The van der Waals surface area contributed by atoms with Crippen molar-refractivity contribution in [3.8, 4) is 0 Å². The molecule has 0 aromatic rings. The van der Waals surface area contributed by atoms with Crippen LogP contribution in [-0.2, 0) is 4.79 Å². The van der Waals surface area contributed by atoms with E-state index in [2.05, 4.69) is 19.2 Å². The maximum Gasteiger partial charge on any atom is 0.326 e. The zero-order valence-corrected chi connectivity index (χ0v) is 12.1. The predicted octanol–water partition coefficient (Wildman–Crippen LogP) is 1.04. The lowest BCUT2D eigenvalue weighted by Gasteiger charge is -2.36. The minimum atomic E-state index is -1.05. The van der Waals surface area contributed by atoms with Crippen molar-refractivity contribution in [3.63, 3.8) is 0 Å². The monoisotopic (exact) mass is 284 g/mol. The van der Waals surface area contributed by atoms with E-state index in [4.69, 9.17) is 5.11 Å². The van der Waals surface area contributed by atoms with Crippen molar-refractivity contribution in [1.82, 2.24) is 10.2 Å². The van der Waals surface area contributed by atoms with Crippen LogP contribution in [0.25, 0.3) is 0 Å². The largest absolute Gasteiger partial charge is 0.480 e. The number of hydrogen-bond acceptors (Lipinski definition) is 3. The van der Waals surface area contributed by atoms with E-state index in [-0.39, 0.29) is 25.0 Å². The van der Waals surface area contributed by atoms with Gasteiger partial charge < -0.3 is 20.4 Å². The number of hydrogen-bond donors (Lipinski definition) is 3. The van der Waals surface area contributed by atoms with E-state index in [0.717, 1.165) is 12.8 Å². The first kappa shape index (κ1) is 15.1. The molecule has 114 valence electrons. The number of carbonyl (C=O) groups is 2. The summed E-state index contributed by atoms with van der Waals surface area (Å²) in [6, 6.07) is -1.18. The minimum absolute atomic E-state index is 0.0958. The van der Waals surface area contributed by atoms with Gasteiger partial charge in [0.2, 0.25) is 0 Å². The normalized spacial score (nSPS) is 37.8. The molecule has 20 heavy (non-hydrogen) atoms. The lowest BCUT2D eigenvalue weighted by Crippen LogP contribution is -2.52. The molecule has 2 aliphatic rings. The number of nitrogens with zero attached hydrogens (tertiary/aromatic N) is 1. The molecule has 1 saturated heterocycles. The van der Waals surface area contributed by atoms with Crippen molar-refractivity contribution in [2.24, 2.45) is 11.8 Å². The van der Waals surface area contributed by atoms with Gasteiger partial charge in [-0.15, -0.1) is 0 Å². The number of aliphatic hydroxyl groups is 1. The zero-order valence-electron chi connectivity index (χ0n) is 12.1. The molecule has 1 heterocycles. The number of aliphatic carboxylic acids is 1. The van der Waals surface area contributed by atoms with Gasteiger partial charge in [-0.3, -0.25) is 0 Å². The Morgan fingerprint density at radius 1 is 1.25 bits per heavy atom. The van der Waals surface area contributed by atoms with E-state index in [9.17, 15) is 14.7 Å².